The third-order valence-electron chi connectivity index (χ3n) is 4.36. The van der Waals surface area contributed by atoms with Gasteiger partial charge >= 0.3 is 0 Å². The number of nitrogens with zero attached hydrogens (tertiary/aromatic N) is 7. The number of aromatic nitrogens is 5. The third-order valence-corrected chi connectivity index (χ3v) is 4.36. The SMILES string of the molecule is Cc1nc2ccc(N3CCN(c4ncccn4)CC3)nn2c1C. The molecule has 1 fully saturated rings. The molecule has 23 heavy (non-hydrogen) atoms. The third kappa shape index (κ3) is 2.48. The summed E-state index contributed by atoms with van der Waals surface area (Å²) in [7, 11) is 0. The summed E-state index contributed by atoms with van der Waals surface area (Å²) >= 11 is 0. The van der Waals surface area contributed by atoms with Crippen LogP contribution in [0.1, 0.15) is 11.4 Å². The van der Waals surface area contributed by atoms with E-state index in [1.54, 1.807) is 12.4 Å². The Morgan fingerprint density at radius 1 is 0.913 bits per heavy atom. The molecule has 1 aliphatic heterocycles. The summed E-state index contributed by atoms with van der Waals surface area (Å²) in [4.78, 5) is 17.7. The van der Waals surface area contributed by atoms with E-state index in [1.165, 1.54) is 0 Å². The van der Waals surface area contributed by atoms with E-state index >= 15 is 0 Å². The van der Waals surface area contributed by atoms with Crippen molar-refractivity contribution in [1.29, 1.82) is 0 Å². The van der Waals surface area contributed by atoms with Gasteiger partial charge in [-0.05, 0) is 32.0 Å². The van der Waals surface area contributed by atoms with Gasteiger partial charge in [-0.25, -0.2) is 19.5 Å². The Balaban J connectivity index is 1.53. The molecule has 4 rings (SSSR count). The van der Waals surface area contributed by atoms with Crippen molar-refractivity contribution in [3.05, 3.63) is 42.0 Å². The van der Waals surface area contributed by atoms with Gasteiger partial charge in [0.1, 0.15) is 5.82 Å². The fraction of sp³-hybridized carbons (Fsp3) is 0.375. The van der Waals surface area contributed by atoms with Gasteiger partial charge < -0.3 is 9.80 Å². The van der Waals surface area contributed by atoms with Crippen molar-refractivity contribution in [2.75, 3.05) is 36.0 Å². The number of piperazine rings is 1. The topological polar surface area (TPSA) is 62.5 Å². The maximum atomic E-state index is 4.75. The fourth-order valence-electron chi connectivity index (χ4n) is 2.90. The summed E-state index contributed by atoms with van der Waals surface area (Å²) in [5, 5.41) is 4.75. The van der Waals surface area contributed by atoms with E-state index in [2.05, 4.69) is 37.7 Å². The van der Waals surface area contributed by atoms with Crippen LogP contribution in [0.5, 0.6) is 0 Å². The normalized spacial score (nSPS) is 15.4. The van der Waals surface area contributed by atoms with Crippen molar-refractivity contribution in [1.82, 2.24) is 24.6 Å². The van der Waals surface area contributed by atoms with E-state index < -0.39 is 0 Å². The van der Waals surface area contributed by atoms with Crippen molar-refractivity contribution in [2.45, 2.75) is 13.8 Å². The van der Waals surface area contributed by atoms with Crippen LogP contribution in [0, 0.1) is 13.8 Å². The lowest BCUT2D eigenvalue weighted by atomic mass is 10.3. The summed E-state index contributed by atoms with van der Waals surface area (Å²) in [6, 6.07) is 5.93. The molecule has 0 unspecified atom stereocenters. The van der Waals surface area contributed by atoms with Gasteiger partial charge in [0.05, 0.1) is 11.4 Å². The molecule has 3 aromatic heterocycles. The van der Waals surface area contributed by atoms with Crippen LogP contribution in [0.4, 0.5) is 11.8 Å². The number of hydrogen-bond acceptors (Lipinski definition) is 6. The molecular weight excluding hydrogens is 290 g/mol. The van der Waals surface area contributed by atoms with Crippen LogP contribution in [0.3, 0.4) is 0 Å². The molecule has 0 atom stereocenters. The largest absolute Gasteiger partial charge is 0.352 e. The molecule has 0 bridgehead atoms. The predicted octanol–water partition coefficient (Wildman–Crippen LogP) is 1.46. The first-order chi connectivity index (χ1) is 11.2. The second kappa shape index (κ2) is 5.49. The number of hydrogen-bond donors (Lipinski definition) is 0. The fourth-order valence-corrected chi connectivity index (χ4v) is 2.90. The summed E-state index contributed by atoms with van der Waals surface area (Å²) in [6.45, 7) is 7.67. The van der Waals surface area contributed by atoms with E-state index in [4.69, 9.17) is 5.10 Å². The molecule has 3 aromatic rings. The van der Waals surface area contributed by atoms with Crippen LogP contribution in [0.25, 0.3) is 5.65 Å². The van der Waals surface area contributed by atoms with E-state index in [1.807, 2.05) is 23.6 Å². The van der Waals surface area contributed by atoms with Crippen molar-refractivity contribution < 1.29 is 0 Å². The summed E-state index contributed by atoms with van der Waals surface area (Å²) in [6.07, 6.45) is 3.57. The van der Waals surface area contributed by atoms with E-state index in [-0.39, 0.29) is 0 Å². The lowest BCUT2D eigenvalue weighted by Crippen LogP contribution is -2.47. The van der Waals surface area contributed by atoms with Crippen LogP contribution in [-0.4, -0.2) is 50.7 Å². The number of aryl methyl sites for hydroxylation is 2. The Bertz CT molecular complexity index is 819. The molecule has 4 heterocycles. The number of anilines is 2. The predicted molar refractivity (Wildman–Crippen MR) is 88.9 cm³/mol. The molecule has 0 spiro atoms. The van der Waals surface area contributed by atoms with Gasteiger partial charge in [-0.3, -0.25) is 0 Å². The monoisotopic (exact) mass is 309 g/mol. The average Bonchev–Trinajstić information content (AvgIpc) is 2.90. The van der Waals surface area contributed by atoms with Gasteiger partial charge in [0.25, 0.3) is 0 Å². The molecule has 1 aliphatic rings. The highest BCUT2D eigenvalue weighted by Gasteiger charge is 2.20. The van der Waals surface area contributed by atoms with E-state index in [0.29, 0.717) is 0 Å². The van der Waals surface area contributed by atoms with Gasteiger partial charge in [-0.2, -0.15) is 0 Å². The van der Waals surface area contributed by atoms with E-state index in [9.17, 15) is 0 Å². The first-order valence-corrected chi connectivity index (χ1v) is 7.82. The van der Waals surface area contributed by atoms with Crippen LogP contribution in [0.2, 0.25) is 0 Å². The molecule has 118 valence electrons. The quantitative estimate of drug-likeness (QED) is 0.714. The Hall–Kier alpha value is -2.70. The molecule has 7 nitrogen and oxygen atoms in total. The average molecular weight is 309 g/mol. The Morgan fingerprint density at radius 2 is 1.61 bits per heavy atom. The minimum Gasteiger partial charge on any atom is -0.352 e. The molecule has 0 radical (unpaired) electrons. The van der Waals surface area contributed by atoms with Crippen LogP contribution in [0.15, 0.2) is 30.6 Å². The highest BCUT2D eigenvalue weighted by Crippen LogP contribution is 2.18. The van der Waals surface area contributed by atoms with Gasteiger partial charge in [0, 0.05) is 38.6 Å². The van der Waals surface area contributed by atoms with Gasteiger partial charge in [-0.15, -0.1) is 5.10 Å². The number of fused-ring (bicyclic) bond motifs is 1. The zero-order valence-corrected chi connectivity index (χ0v) is 13.3. The zero-order chi connectivity index (χ0) is 15.8. The smallest absolute Gasteiger partial charge is 0.225 e. The molecular formula is C16H19N7. The van der Waals surface area contributed by atoms with Crippen LogP contribution in [-0.2, 0) is 0 Å². The zero-order valence-electron chi connectivity index (χ0n) is 13.3. The summed E-state index contributed by atoms with van der Waals surface area (Å²) < 4.78 is 1.93. The maximum Gasteiger partial charge on any atom is 0.225 e. The Labute approximate surface area is 134 Å². The van der Waals surface area contributed by atoms with Crippen LogP contribution < -0.4 is 9.80 Å². The molecule has 0 N–H and O–H groups in total. The first kappa shape index (κ1) is 13.9. The lowest BCUT2D eigenvalue weighted by molar-refractivity contribution is 0.629. The lowest BCUT2D eigenvalue weighted by Gasteiger charge is -2.35. The molecule has 1 saturated heterocycles. The second-order valence-corrected chi connectivity index (χ2v) is 5.77. The van der Waals surface area contributed by atoms with Gasteiger partial charge in [0.15, 0.2) is 5.65 Å². The summed E-state index contributed by atoms with van der Waals surface area (Å²) in [5.41, 5.74) is 3.03. The van der Waals surface area contributed by atoms with Crippen LogP contribution >= 0.6 is 0 Å². The van der Waals surface area contributed by atoms with Gasteiger partial charge in [-0.1, -0.05) is 0 Å². The Morgan fingerprint density at radius 3 is 2.35 bits per heavy atom. The number of rotatable bonds is 2. The minimum atomic E-state index is 0.802. The molecule has 7 heteroatoms. The standard InChI is InChI=1S/C16H19N7/c1-12-13(2)23-14(19-12)4-5-15(20-23)21-8-10-22(11-9-21)16-17-6-3-7-18-16/h3-7H,8-11H2,1-2H3. The van der Waals surface area contributed by atoms with Crippen molar-refractivity contribution in [2.24, 2.45) is 0 Å². The van der Waals surface area contributed by atoms with E-state index in [0.717, 1.165) is 55.0 Å². The highest BCUT2D eigenvalue weighted by atomic mass is 15.4. The number of imidazole rings is 1. The second-order valence-electron chi connectivity index (χ2n) is 5.77. The van der Waals surface area contributed by atoms with Gasteiger partial charge in [0.2, 0.25) is 5.95 Å². The highest BCUT2D eigenvalue weighted by molar-refractivity contribution is 5.49. The minimum absolute atomic E-state index is 0.802. The molecule has 0 aromatic carbocycles. The maximum absolute atomic E-state index is 4.75. The molecule has 0 saturated carbocycles. The Kier molecular flexibility index (Phi) is 3.33. The summed E-state index contributed by atoms with van der Waals surface area (Å²) in [5.74, 6) is 1.79. The van der Waals surface area contributed by atoms with Crippen molar-refractivity contribution in [3.63, 3.8) is 0 Å². The van der Waals surface area contributed by atoms with Crippen molar-refractivity contribution in [3.8, 4) is 0 Å². The molecule has 0 amide bonds. The van der Waals surface area contributed by atoms with Crippen molar-refractivity contribution >= 4 is 17.4 Å². The first-order valence-electron chi connectivity index (χ1n) is 7.82. The molecule has 0 aliphatic carbocycles.